The van der Waals surface area contributed by atoms with Gasteiger partial charge in [-0.1, -0.05) is 11.6 Å². The zero-order valence-corrected chi connectivity index (χ0v) is 11.0. The van der Waals surface area contributed by atoms with E-state index in [0.717, 1.165) is 11.8 Å². The van der Waals surface area contributed by atoms with E-state index in [-0.39, 0.29) is 10.8 Å². The molecule has 0 N–H and O–H groups in total. The van der Waals surface area contributed by atoms with Gasteiger partial charge in [-0.25, -0.2) is 14.4 Å². The number of halogens is 3. The molecule has 0 saturated carbocycles. The van der Waals surface area contributed by atoms with Gasteiger partial charge in [0.25, 0.3) is 0 Å². The predicted octanol–water partition coefficient (Wildman–Crippen LogP) is 4.18. The van der Waals surface area contributed by atoms with Gasteiger partial charge in [-0.15, -0.1) is 0 Å². The first-order valence-corrected chi connectivity index (χ1v) is 6.24. The Balaban J connectivity index is 2.23. The second-order valence-corrected chi connectivity index (χ2v) is 5.22. The summed E-state index contributed by atoms with van der Waals surface area (Å²) in [4.78, 5) is 8.01. The molecule has 0 saturated heterocycles. The second kappa shape index (κ2) is 5.12. The summed E-state index contributed by atoms with van der Waals surface area (Å²) in [5.41, 5.74) is 0. The molecule has 0 spiro atoms. The van der Waals surface area contributed by atoms with Crippen molar-refractivity contribution >= 4 is 39.3 Å². The summed E-state index contributed by atoms with van der Waals surface area (Å²) in [6, 6.07) is 4.79. The van der Waals surface area contributed by atoms with Crippen molar-refractivity contribution in [2.45, 2.75) is 10.1 Å². The van der Waals surface area contributed by atoms with Gasteiger partial charge < -0.3 is 0 Å². The topological polar surface area (TPSA) is 25.8 Å². The fourth-order valence-corrected chi connectivity index (χ4v) is 2.12. The molecule has 0 aliphatic rings. The summed E-state index contributed by atoms with van der Waals surface area (Å²) in [6.07, 6.45) is 3.06. The molecule has 2 heterocycles. The smallest absolute Gasteiger partial charge is 0.156 e. The van der Waals surface area contributed by atoms with E-state index >= 15 is 0 Å². The van der Waals surface area contributed by atoms with Gasteiger partial charge in [-0.05, 0) is 45.9 Å². The average molecular weight is 320 g/mol. The fraction of sp³-hybridized carbons (Fsp3) is 0. The van der Waals surface area contributed by atoms with Crippen LogP contribution in [0.5, 0.6) is 0 Å². The van der Waals surface area contributed by atoms with Gasteiger partial charge in [-0.2, -0.15) is 0 Å². The highest BCUT2D eigenvalue weighted by Crippen LogP contribution is 2.28. The first-order valence-electron chi connectivity index (χ1n) is 4.25. The number of nitrogens with zero attached hydrogens (tertiary/aromatic N) is 2. The Morgan fingerprint density at radius 3 is 2.69 bits per heavy atom. The summed E-state index contributed by atoms with van der Waals surface area (Å²) in [7, 11) is 0. The van der Waals surface area contributed by atoms with Crippen LogP contribution in [-0.4, -0.2) is 9.97 Å². The normalized spacial score (nSPS) is 10.4. The maximum Gasteiger partial charge on any atom is 0.156 e. The van der Waals surface area contributed by atoms with Crippen molar-refractivity contribution in [1.29, 1.82) is 0 Å². The first-order chi connectivity index (χ1) is 7.65. The summed E-state index contributed by atoms with van der Waals surface area (Å²) in [5, 5.41) is 1.49. The van der Waals surface area contributed by atoms with Gasteiger partial charge in [-0.3, -0.25) is 0 Å². The predicted molar refractivity (Wildman–Crippen MR) is 65.3 cm³/mol. The van der Waals surface area contributed by atoms with E-state index in [4.69, 9.17) is 11.6 Å². The van der Waals surface area contributed by atoms with Crippen molar-refractivity contribution < 1.29 is 4.39 Å². The third-order valence-electron chi connectivity index (χ3n) is 1.68. The third kappa shape index (κ3) is 2.93. The summed E-state index contributed by atoms with van der Waals surface area (Å²) in [5.74, 6) is -0.379. The monoisotopic (exact) mass is 318 g/mol. The molecule has 0 aliphatic heterocycles. The molecule has 0 atom stereocenters. The van der Waals surface area contributed by atoms with Crippen molar-refractivity contribution in [3.8, 4) is 0 Å². The molecule has 2 aromatic heterocycles. The molecule has 6 heteroatoms. The molecule has 16 heavy (non-hydrogen) atoms. The third-order valence-corrected chi connectivity index (χ3v) is 3.28. The van der Waals surface area contributed by atoms with E-state index in [0.29, 0.717) is 14.5 Å². The molecule has 0 aliphatic carbocycles. The number of aromatic nitrogens is 2. The van der Waals surface area contributed by atoms with Gasteiger partial charge >= 0.3 is 0 Å². The molecular weight excluding hydrogens is 315 g/mol. The van der Waals surface area contributed by atoms with Crippen LogP contribution < -0.4 is 0 Å². The average Bonchev–Trinajstić information content (AvgIpc) is 2.25. The molecule has 0 fully saturated rings. The molecule has 82 valence electrons. The standard InChI is InChI=1S/C10H5BrClFN2S/c11-6-3-8(13)10(15-4-6)16-9-2-1-7(12)5-14-9/h1-5H. The zero-order valence-electron chi connectivity index (χ0n) is 7.82. The molecule has 2 rings (SSSR count). The molecule has 0 amide bonds. The molecule has 0 aromatic carbocycles. The van der Waals surface area contributed by atoms with Gasteiger partial charge in [0.1, 0.15) is 10.1 Å². The number of pyridine rings is 2. The van der Waals surface area contributed by atoms with Crippen LogP contribution in [0.1, 0.15) is 0 Å². The van der Waals surface area contributed by atoms with Crippen LogP contribution in [0.3, 0.4) is 0 Å². The van der Waals surface area contributed by atoms with E-state index in [2.05, 4.69) is 25.9 Å². The molecule has 0 radical (unpaired) electrons. The lowest BCUT2D eigenvalue weighted by atomic mass is 10.5. The van der Waals surface area contributed by atoms with E-state index in [1.54, 1.807) is 18.3 Å². The Morgan fingerprint density at radius 2 is 2.06 bits per heavy atom. The van der Waals surface area contributed by atoms with Crippen molar-refractivity contribution in [2.24, 2.45) is 0 Å². The Kier molecular flexibility index (Phi) is 3.78. The van der Waals surface area contributed by atoms with E-state index in [9.17, 15) is 4.39 Å². The van der Waals surface area contributed by atoms with Crippen LogP contribution in [0.25, 0.3) is 0 Å². The summed E-state index contributed by atoms with van der Waals surface area (Å²) in [6.45, 7) is 0. The largest absolute Gasteiger partial charge is 0.248 e. The lowest BCUT2D eigenvalue weighted by Gasteiger charge is -2.01. The molecule has 2 nitrogen and oxygen atoms in total. The minimum absolute atomic E-state index is 0.290. The minimum Gasteiger partial charge on any atom is -0.248 e. The lowest BCUT2D eigenvalue weighted by Crippen LogP contribution is -1.87. The highest BCUT2D eigenvalue weighted by atomic mass is 79.9. The molecular formula is C10H5BrClFN2S. The van der Waals surface area contributed by atoms with E-state index in [1.165, 1.54) is 12.3 Å². The Bertz CT molecular complexity index is 507. The van der Waals surface area contributed by atoms with Crippen molar-refractivity contribution in [1.82, 2.24) is 9.97 Å². The Labute approximate surface area is 109 Å². The van der Waals surface area contributed by atoms with Crippen molar-refractivity contribution in [3.05, 3.63) is 45.9 Å². The quantitative estimate of drug-likeness (QED) is 0.830. The lowest BCUT2D eigenvalue weighted by molar-refractivity contribution is 0.586. The number of hydrogen-bond acceptors (Lipinski definition) is 3. The maximum absolute atomic E-state index is 13.4. The Hall–Kier alpha value is -0.650. The van der Waals surface area contributed by atoms with Gasteiger partial charge in [0.05, 0.1) is 5.02 Å². The van der Waals surface area contributed by atoms with Crippen LogP contribution >= 0.6 is 39.3 Å². The Morgan fingerprint density at radius 1 is 1.25 bits per heavy atom. The van der Waals surface area contributed by atoms with Crippen LogP contribution in [-0.2, 0) is 0 Å². The van der Waals surface area contributed by atoms with Gasteiger partial charge in [0.2, 0.25) is 0 Å². The van der Waals surface area contributed by atoms with E-state index < -0.39 is 0 Å². The van der Waals surface area contributed by atoms with Crippen LogP contribution in [0.15, 0.2) is 45.1 Å². The second-order valence-electron chi connectivity index (χ2n) is 2.86. The summed E-state index contributed by atoms with van der Waals surface area (Å²) >= 11 is 10.0. The number of hydrogen-bond donors (Lipinski definition) is 0. The van der Waals surface area contributed by atoms with Crippen LogP contribution in [0.2, 0.25) is 5.02 Å². The fourth-order valence-electron chi connectivity index (χ4n) is 0.999. The van der Waals surface area contributed by atoms with Crippen LogP contribution in [0.4, 0.5) is 4.39 Å². The highest BCUT2D eigenvalue weighted by Gasteiger charge is 2.07. The van der Waals surface area contributed by atoms with E-state index in [1.807, 2.05) is 0 Å². The first kappa shape index (κ1) is 11.8. The van der Waals surface area contributed by atoms with Gasteiger partial charge in [0, 0.05) is 16.9 Å². The molecule has 0 bridgehead atoms. The van der Waals surface area contributed by atoms with Gasteiger partial charge in [0.15, 0.2) is 5.82 Å². The van der Waals surface area contributed by atoms with Crippen LogP contribution in [0, 0.1) is 5.82 Å². The van der Waals surface area contributed by atoms with Crippen molar-refractivity contribution in [2.75, 3.05) is 0 Å². The SMILES string of the molecule is Fc1cc(Br)cnc1Sc1ccc(Cl)cn1. The number of rotatable bonds is 2. The maximum atomic E-state index is 13.4. The molecule has 0 unspecified atom stereocenters. The van der Waals surface area contributed by atoms with Crippen molar-refractivity contribution in [3.63, 3.8) is 0 Å². The highest BCUT2D eigenvalue weighted by molar-refractivity contribution is 9.10. The zero-order chi connectivity index (χ0) is 11.5. The molecule has 2 aromatic rings. The summed E-state index contributed by atoms with van der Waals surface area (Å²) < 4.78 is 14.1. The minimum atomic E-state index is -0.379.